The van der Waals surface area contributed by atoms with E-state index in [-0.39, 0.29) is 61.8 Å². The summed E-state index contributed by atoms with van der Waals surface area (Å²) in [6.07, 6.45) is 2.49. The van der Waals surface area contributed by atoms with E-state index in [1.54, 1.807) is 32.1 Å². The van der Waals surface area contributed by atoms with Gasteiger partial charge >= 0.3 is 12.3 Å². The number of quaternary nitrogens is 1. The Bertz CT molecular complexity index is 2370. The van der Waals surface area contributed by atoms with Gasteiger partial charge in [-0.1, -0.05) is 38.8 Å². The Morgan fingerprint density at radius 3 is 2.48 bits per heavy atom. The smallest absolute Gasteiger partial charge is 0.437 e. The second-order valence-electron chi connectivity index (χ2n) is 20.1. The molecule has 4 amide bonds. The number of piperidine rings is 1. The van der Waals surface area contributed by atoms with Crippen LogP contribution in [-0.4, -0.2) is 108 Å². The van der Waals surface area contributed by atoms with E-state index in [4.69, 9.17) is 14.2 Å². The van der Waals surface area contributed by atoms with Gasteiger partial charge in [0.1, 0.15) is 41.2 Å². The molecule has 8 rings (SSSR count). The molecular formula is C47H64F3N6O9S+. The summed E-state index contributed by atoms with van der Waals surface area (Å²) in [6, 6.07) is 2.29. The van der Waals surface area contributed by atoms with Crippen LogP contribution < -0.4 is 29.7 Å². The predicted molar refractivity (Wildman–Crippen MR) is 237 cm³/mol. The van der Waals surface area contributed by atoms with Crippen LogP contribution in [0, 0.1) is 11.8 Å². The summed E-state index contributed by atoms with van der Waals surface area (Å²) in [7, 11) is -4.10. The third-order valence-corrected chi connectivity index (χ3v) is 17.2. The largest absolute Gasteiger partial charge is 0.490 e. The van der Waals surface area contributed by atoms with Crippen molar-refractivity contribution >= 4 is 44.7 Å². The Labute approximate surface area is 384 Å². The van der Waals surface area contributed by atoms with Crippen LogP contribution in [0.3, 0.4) is 0 Å². The quantitative estimate of drug-likeness (QED) is 0.252. The highest BCUT2D eigenvalue weighted by molar-refractivity contribution is 7.91. The molecule has 0 unspecified atom stereocenters. The molecular weight excluding hydrogens is 882 g/mol. The second kappa shape index (κ2) is 18.1. The number of rotatable bonds is 9. The predicted octanol–water partition coefficient (Wildman–Crippen LogP) is 4.90. The number of ether oxygens (including phenoxy) is 3. The van der Waals surface area contributed by atoms with Gasteiger partial charge < -0.3 is 34.6 Å². The zero-order valence-corrected chi connectivity index (χ0v) is 39.3. The molecule has 2 aromatic rings. The van der Waals surface area contributed by atoms with Crippen molar-refractivity contribution in [3.05, 3.63) is 41.6 Å². The van der Waals surface area contributed by atoms with Gasteiger partial charge in [-0.2, -0.15) is 13.2 Å². The zero-order valence-electron chi connectivity index (χ0n) is 38.5. The fraction of sp³-hybridized carbons (Fsp3) is 0.681. The third kappa shape index (κ3) is 9.70. The normalized spacial score (nSPS) is 30.9. The number of alkyl carbamates (subject to hydrolysis) is 1. The average molecular weight is 946 g/mol. The van der Waals surface area contributed by atoms with Crippen molar-refractivity contribution < 1.29 is 59.9 Å². The van der Waals surface area contributed by atoms with Gasteiger partial charge in [-0.25, -0.2) is 18.2 Å². The number of halogens is 3. The highest BCUT2D eigenvalue weighted by Gasteiger charge is 2.64. The molecule has 15 nitrogen and oxygen atoms in total. The van der Waals surface area contributed by atoms with Crippen LogP contribution in [0.25, 0.3) is 10.9 Å². The number of nitrogens with one attached hydrogen (secondary N) is 4. The average Bonchev–Trinajstić information content (AvgIpc) is 4.16. The maximum absolute atomic E-state index is 15.1. The van der Waals surface area contributed by atoms with Crippen molar-refractivity contribution in [2.24, 2.45) is 11.8 Å². The molecule has 1 aromatic heterocycles. The number of benzene rings is 1. The molecule has 0 bridgehead atoms. The number of aryl methyl sites for hydroxylation is 1. The minimum atomic E-state index is -4.94. The van der Waals surface area contributed by atoms with Crippen LogP contribution in [0.5, 0.6) is 11.5 Å². The minimum absolute atomic E-state index is 0.0276. The molecule has 6 aliphatic rings. The number of amides is 4. The van der Waals surface area contributed by atoms with Gasteiger partial charge in [-0.05, 0) is 96.3 Å². The minimum Gasteiger partial charge on any atom is -0.490 e. The van der Waals surface area contributed by atoms with Gasteiger partial charge in [0.25, 0.3) is 5.91 Å². The lowest BCUT2D eigenvalue weighted by Crippen LogP contribution is -3.13. The van der Waals surface area contributed by atoms with E-state index < -0.39 is 91.5 Å². The number of allylic oxidation sites excluding steroid dienone is 1. The van der Waals surface area contributed by atoms with Crippen molar-refractivity contribution in [2.75, 3.05) is 26.2 Å². The Balaban J connectivity index is 1.14. The molecule has 2 aliphatic carbocycles. The van der Waals surface area contributed by atoms with Crippen LogP contribution in [0.2, 0.25) is 0 Å². The Hall–Kier alpha value is -4.65. The number of pyridine rings is 1. The van der Waals surface area contributed by atoms with Gasteiger partial charge in [0, 0.05) is 36.1 Å². The first kappa shape index (κ1) is 47.8. The molecule has 5 heterocycles. The molecule has 362 valence electrons. The number of alkyl halides is 3. The third-order valence-electron chi connectivity index (χ3n) is 15.0. The number of hydrogen-bond acceptors (Lipinski definition) is 10. The number of hydrogen-bond donors (Lipinski definition) is 4. The maximum Gasteiger partial charge on any atom is 0.437 e. The second-order valence-corrected chi connectivity index (χ2v) is 22.3. The fourth-order valence-electron chi connectivity index (χ4n) is 9.92. The Morgan fingerprint density at radius 1 is 1.06 bits per heavy atom. The topological polar surface area (TPSA) is 187 Å². The number of fused-ring (bicyclic) bond motifs is 5. The summed E-state index contributed by atoms with van der Waals surface area (Å²) in [5, 5.41) is 5.99. The van der Waals surface area contributed by atoms with Gasteiger partial charge in [0.05, 0.1) is 36.4 Å². The van der Waals surface area contributed by atoms with Crippen LogP contribution in [0.15, 0.2) is 30.4 Å². The molecule has 19 heteroatoms. The number of sulfonamides is 1. The van der Waals surface area contributed by atoms with Crippen LogP contribution >= 0.6 is 0 Å². The highest BCUT2D eigenvalue weighted by atomic mass is 32.2. The van der Waals surface area contributed by atoms with Gasteiger partial charge in [0.15, 0.2) is 11.4 Å². The summed E-state index contributed by atoms with van der Waals surface area (Å²) in [5.41, 5.74) is -4.04. The molecule has 4 aliphatic heterocycles. The van der Waals surface area contributed by atoms with Crippen LogP contribution in [0.4, 0.5) is 18.0 Å². The van der Waals surface area contributed by atoms with Crippen LogP contribution in [0.1, 0.15) is 123 Å². The van der Waals surface area contributed by atoms with Crippen molar-refractivity contribution in [1.29, 1.82) is 0 Å². The molecule has 2 saturated carbocycles. The van der Waals surface area contributed by atoms with E-state index in [9.17, 15) is 27.6 Å². The lowest BCUT2D eigenvalue weighted by molar-refractivity contribution is -0.904. The molecule has 1 aromatic carbocycles. The first-order valence-corrected chi connectivity index (χ1v) is 25.2. The molecule has 66 heavy (non-hydrogen) atoms. The van der Waals surface area contributed by atoms with E-state index in [0.29, 0.717) is 49.7 Å². The van der Waals surface area contributed by atoms with Crippen LogP contribution in [-0.2, 0) is 41.7 Å². The van der Waals surface area contributed by atoms with Gasteiger partial charge in [-0.15, -0.1) is 0 Å². The van der Waals surface area contributed by atoms with E-state index in [1.807, 2.05) is 19.9 Å². The van der Waals surface area contributed by atoms with Crippen molar-refractivity contribution in [3.8, 4) is 11.5 Å². The SMILES string of the molecule is CC[NH+]1CCC(Oc2ccc3nc(C(F)(F)F)c4c(c3c2)CC[C@]2(C[C@H]3C(=O)N[C@]5(C(=O)NS(=O)(=O)C6(C)CC6)C[C@H]5/C=C\CCCCC[C@H](NC(=O)O[C@@H](C)C(C)C)C(=O)N3C2)O4)CC1. The van der Waals surface area contributed by atoms with E-state index in [2.05, 4.69) is 27.3 Å². The standard InChI is InChI=1S/C47H63F3N6O9S/c1-6-55-22-17-31(18-23-55)64-32-14-15-35-34(24-32)33-16-19-45(65-38(33)39(51-35)47(48,49)50)26-37-40(57)53-46(42(59)54-66(61,62)44(5)20-21-44)25-30(46)12-10-8-7-9-11-13-36(41(58)56(37)27-45)52-43(60)63-29(4)28(2)3/h10,12,14-15,24,28-31,36-37H,6-9,11,13,16-23,25-27H2,1-5H3,(H,52,60)(H,53,57)(H,54,59)/p+1/b12-10-/t29-,30+,36-,37-,45+,46+/m0/s1. The Kier molecular flexibility index (Phi) is 13.1. The van der Waals surface area contributed by atoms with E-state index in [0.717, 1.165) is 32.5 Å². The van der Waals surface area contributed by atoms with Crippen molar-refractivity contribution in [3.63, 3.8) is 0 Å². The van der Waals surface area contributed by atoms with Gasteiger partial charge in [-0.3, -0.25) is 19.1 Å². The lowest BCUT2D eigenvalue weighted by atomic mass is 9.87. The van der Waals surface area contributed by atoms with E-state index in [1.165, 1.54) is 15.9 Å². The van der Waals surface area contributed by atoms with Crippen molar-refractivity contribution in [1.82, 2.24) is 25.2 Å². The summed E-state index contributed by atoms with van der Waals surface area (Å²) in [5.74, 6) is -2.94. The Morgan fingerprint density at radius 2 is 1.80 bits per heavy atom. The highest BCUT2D eigenvalue weighted by Crippen LogP contribution is 2.51. The summed E-state index contributed by atoms with van der Waals surface area (Å²) < 4.78 is 91.4. The summed E-state index contributed by atoms with van der Waals surface area (Å²) in [6.45, 7) is 11.8. The zero-order chi connectivity index (χ0) is 47.4. The molecule has 6 atom stereocenters. The van der Waals surface area contributed by atoms with Crippen molar-refractivity contribution in [2.45, 2.75) is 164 Å². The number of nitrogens with zero attached hydrogens (tertiary/aromatic N) is 2. The number of aromatic nitrogens is 1. The molecule has 1 spiro atoms. The lowest BCUT2D eigenvalue weighted by Gasteiger charge is -2.37. The summed E-state index contributed by atoms with van der Waals surface area (Å²) in [4.78, 5) is 63.9. The van der Waals surface area contributed by atoms with E-state index >= 15 is 13.2 Å². The van der Waals surface area contributed by atoms with Gasteiger partial charge in [0.2, 0.25) is 21.8 Å². The maximum atomic E-state index is 15.1. The molecule has 4 N–H and O–H groups in total. The fourth-order valence-corrected chi connectivity index (χ4v) is 11.2. The molecule has 0 radical (unpaired) electrons. The number of carbonyl (C=O) groups is 4. The number of carbonyl (C=O) groups excluding carboxylic acids is 4. The molecule has 2 saturated heterocycles. The summed E-state index contributed by atoms with van der Waals surface area (Å²) >= 11 is 0. The first-order chi connectivity index (χ1) is 31.2. The monoisotopic (exact) mass is 945 g/mol. The molecule has 4 fully saturated rings. The number of likely N-dealkylation sites (tertiary alicyclic amines) is 1. The first-order valence-electron chi connectivity index (χ1n) is 23.7.